The van der Waals surface area contributed by atoms with Gasteiger partial charge >= 0.3 is 0 Å². The highest BCUT2D eigenvalue weighted by molar-refractivity contribution is 6.29. The maximum Gasteiger partial charge on any atom is 0.0339 e. The second-order valence-corrected chi connectivity index (χ2v) is 5.88. The molecule has 1 heterocycles. The summed E-state index contributed by atoms with van der Waals surface area (Å²) < 4.78 is 0. The van der Waals surface area contributed by atoms with Crippen LogP contribution in [-0.2, 0) is 0 Å². The third-order valence-electron chi connectivity index (χ3n) is 3.81. The Balaban J connectivity index is 1.99. The van der Waals surface area contributed by atoms with E-state index in [1.165, 1.54) is 12.8 Å². The number of nitrogens with zero attached hydrogens (tertiary/aromatic N) is 1. The summed E-state index contributed by atoms with van der Waals surface area (Å²) in [5.74, 6) is 0.871. The van der Waals surface area contributed by atoms with E-state index >= 15 is 0 Å². The molecule has 3 heteroatoms. The van der Waals surface area contributed by atoms with Gasteiger partial charge in [-0.05, 0) is 32.6 Å². The van der Waals surface area contributed by atoms with E-state index in [0.717, 1.165) is 30.6 Å². The molecule has 1 aliphatic carbocycles. The quantitative estimate of drug-likeness (QED) is 0.797. The van der Waals surface area contributed by atoms with Crippen molar-refractivity contribution >= 4 is 11.6 Å². The summed E-state index contributed by atoms with van der Waals surface area (Å²) >= 11 is 5.91. The van der Waals surface area contributed by atoms with Crippen molar-refractivity contribution in [2.75, 3.05) is 19.6 Å². The Morgan fingerprint density at radius 2 is 2.27 bits per heavy atom. The number of hydrogen-bond donors (Lipinski definition) is 1. The molecule has 0 amide bonds. The minimum atomic E-state index is 0.304. The monoisotopic (exact) mass is 228 g/mol. The van der Waals surface area contributed by atoms with Gasteiger partial charge in [0.2, 0.25) is 0 Å². The molecule has 86 valence electrons. The van der Waals surface area contributed by atoms with Crippen LogP contribution in [0, 0.1) is 5.92 Å². The van der Waals surface area contributed by atoms with Crippen LogP contribution in [0.4, 0.5) is 0 Å². The Labute approximate surface area is 97.7 Å². The first-order valence-corrected chi connectivity index (χ1v) is 6.21. The number of piperazine rings is 1. The van der Waals surface area contributed by atoms with Gasteiger partial charge in [0.15, 0.2) is 0 Å². The summed E-state index contributed by atoms with van der Waals surface area (Å²) in [5, 5.41) is 4.45. The number of hydrogen-bond acceptors (Lipinski definition) is 2. The molecule has 1 aliphatic heterocycles. The van der Waals surface area contributed by atoms with Gasteiger partial charge in [0, 0.05) is 36.2 Å². The number of rotatable bonds is 3. The lowest BCUT2D eigenvalue weighted by Crippen LogP contribution is -2.63. The molecule has 1 saturated heterocycles. The van der Waals surface area contributed by atoms with E-state index in [1.54, 1.807) is 0 Å². The van der Waals surface area contributed by atoms with Gasteiger partial charge in [0.1, 0.15) is 0 Å². The minimum Gasteiger partial charge on any atom is -0.308 e. The Hall–Kier alpha value is -0.0500. The van der Waals surface area contributed by atoms with Crippen LogP contribution >= 0.6 is 11.6 Å². The van der Waals surface area contributed by atoms with Crippen LogP contribution in [0.15, 0.2) is 11.6 Å². The first-order valence-electron chi connectivity index (χ1n) is 5.83. The number of nitrogens with one attached hydrogen (secondary N) is 1. The van der Waals surface area contributed by atoms with Gasteiger partial charge in [-0.2, -0.15) is 0 Å². The Kier molecular flexibility index (Phi) is 3.11. The molecular weight excluding hydrogens is 208 g/mol. The van der Waals surface area contributed by atoms with E-state index in [2.05, 4.69) is 30.6 Å². The molecule has 2 fully saturated rings. The minimum absolute atomic E-state index is 0.304. The largest absolute Gasteiger partial charge is 0.308 e. The molecule has 2 atom stereocenters. The zero-order chi connectivity index (χ0) is 11.1. The normalized spacial score (nSPS) is 37.9. The summed E-state index contributed by atoms with van der Waals surface area (Å²) in [6, 6.07) is 0.562. The van der Waals surface area contributed by atoms with Crippen molar-refractivity contribution in [2.24, 2.45) is 5.92 Å². The molecule has 0 radical (unpaired) electrons. The van der Waals surface area contributed by atoms with Gasteiger partial charge in [-0.3, -0.25) is 4.90 Å². The van der Waals surface area contributed by atoms with E-state index in [4.69, 9.17) is 11.6 Å². The Morgan fingerprint density at radius 1 is 1.60 bits per heavy atom. The van der Waals surface area contributed by atoms with E-state index in [-0.39, 0.29) is 0 Å². The van der Waals surface area contributed by atoms with Crippen LogP contribution in [0.1, 0.15) is 26.7 Å². The first kappa shape index (κ1) is 11.4. The fourth-order valence-corrected chi connectivity index (χ4v) is 2.72. The predicted molar refractivity (Wildman–Crippen MR) is 65.2 cm³/mol. The van der Waals surface area contributed by atoms with Gasteiger partial charge < -0.3 is 5.32 Å². The molecular formula is C12H21ClN2. The molecule has 0 aromatic carbocycles. The molecule has 15 heavy (non-hydrogen) atoms. The maximum absolute atomic E-state index is 5.91. The van der Waals surface area contributed by atoms with Crippen molar-refractivity contribution in [3.8, 4) is 0 Å². The fraction of sp³-hybridized carbons (Fsp3) is 0.833. The lowest BCUT2D eigenvalue weighted by Gasteiger charge is -2.45. The van der Waals surface area contributed by atoms with Crippen LogP contribution in [0.3, 0.4) is 0 Å². The maximum atomic E-state index is 5.91. The summed E-state index contributed by atoms with van der Waals surface area (Å²) in [6.07, 6.45) is 2.76. The number of halogens is 1. The summed E-state index contributed by atoms with van der Waals surface area (Å²) in [6.45, 7) is 11.4. The van der Waals surface area contributed by atoms with Gasteiger partial charge in [-0.1, -0.05) is 18.2 Å². The standard InChI is InChI=1S/C12H21ClN2/c1-9(13)7-15-8-12(3,11-4-5-11)14-6-10(15)2/h10-11,14H,1,4-8H2,2-3H3. The summed E-state index contributed by atoms with van der Waals surface area (Å²) in [7, 11) is 0. The predicted octanol–water partition coefficient (Wildman–Crippen LogP) is 2.20. The zero-order valence-electron chi connectivity index (χ0n) is 9.72. The highest BCUT2D eigenvalue weighted by atomic mass is 35.5. The van der Waals surface area contributed by atoms with E-state index < -0.39 is 0 Å². The van der Waals surface area contributed by atoms with E-state index in [1.807, 2.05) is 0 Å². The van der Waals surface area contributed by atoms with Crippen LogP contribution in [0.2, 0.25) is 0 Å². The third kappa shape index (κ3) is 2.55. The average Bonchev–Trinajstić information content (AvgIpc) is 2.93. The van der Waals surface area contributed by atoms with Crippen LogP contribution in [0.25, 0.3) is 0 Å². The molecule has 2 aliphatic rings. The lowest BCUT2D eigenvalue weighted by atomic mass is 9.91. The molecule has 1 saturated carbocycles. The van der Waals surface area contributed by atoms with Gasteiger partial charge in [0.05, 0.1) is 0 Å². The topological polar surface area (TPSA) is 15.3 Å². The SMILES string of the molecule is C=C(Cl)CN1CC(C)(C2CC2)NCC1C. The van der Waals surface area contributed by atoms with Crippen LogP contribution in [-0.4, -0.2) is 36.1 Å². The smallest absolute Gasteiger partial charge is 0.0339 e. The molecule has 0 aromatic heterocycles. The van der Waals surface area contributed by atoms with Gasteiger partial charge in [-0.25, -0.2) is 0 Å². The second-order valence-electron chi connectivity index (χ2n) is 5.34. The molecule has 1 N–H and O–H groups in total. The fourth-order valence-electron chi connectivity index (χ4n) is 2.57. The molecule has 2 nitrogen and oxygen atoms in total. The Morgan fingerprint density at radius 3 is 2.80 bits per heavy atom. The first-order chi connectivity index (χ1) is 7.01. The van der Waals surface area contributed by atoms with Crippen molar-refractivity contribution in [1.82, 2.24) is 10.2 Å². The molecule has 0 spiro atoms. The van der Waals surface area contributed by atoms with Crippen LogP contribution < -0.4 is 5.32 Å². The van der Waals surface area contributed by atoms with E-state index in [0.29, 0.717) is 11.6 Å². The van der Waals surface area contributed by atoms with Crippen molar-refractivity contribution in [2.45, 2.75) is 38.3 Å². The molecule has 2 unspecified atom stereocenters. The highest BCUT2D eigenvalue weighted by Gasteiger charge is 2.45. The molecule has 0 bridgehead atoms. The van der Waals surface area contributed by atoms with Gasteiger partial charge in [-0.15, -0.1) is 0 Å². The van der Waals surface area contributed by atoms with Gasteiger partial charge in [0.25, 0.3) is 0 Å². The van der Waals surface area contributed by atoms with Crippen molar-refractivity contribution in [3.05, 3.63) is 11.6 Å². The second kappa shape index (κ2) is 4.08. The third-order valence-corrected chi connectivity index (χ3v) is 3.93. The molecule has 0 aromatic rings. The van der Waals surface area contributed by atoms with Crippen molar-refractivity contribution in [1.29, 1.82) is 0 Å². The van der Waals surface area contributed by atoms with E-state index in [9.17, 15) is 0 Å². The van der Waals surface area contributed by atoms with Crippen LogP contribution in [0.5, 0.6) is 0 Å². The zero-order valence-corrected chi connectivity index (χ0v) is 10.5. The summed E-state index contributed by atoms with van der Waals surface area (Å²) in [5.41, 5.74) is 0.304. The lowest BCUT2D eigenvalue weighted by molar-refractivity contribution is 0.0934. The van der Waals surface area contributed by atoms with Crippen molar-refractivity contribution < 1.29 is 0 Å². The summed E-state index contributed by atoms with van der Waals surface area (Å²) in [4.78, 5) is 2.45. The van der Waals surface area contributed by atoms with Crippen molar-refractivity contribution in [3.63, 3.8) is 0 Å². The Bertz CT molecular complexity index is 262. The molecule has 2 rings (SSSR count). The highest BCUT2D eigenvalue weighted by Crippen LogP contribution is 2.41. The average molecular weight is 229 g/mol.